The summed E-state index contributed by atoms with van der Waals surface area (Å²) in [4.78, 5) is 0. The van der Waals surface area contributed by atoms with E-state index in [0.29, 0.717) is 18.8 Å². The van der Waals surface area contributed by atoms with Crippen LogP contribution in [0.15, 0.2) is 24.3 Å². The Bertz CT molecular complexity index is 488. The Morgan fingerprint density at radius 2 is 1.70 bits per heavy atom. The Hall–Kier alpha value is -1.30. The average molecular weight is 304 g/mol. The Balaban J connectivity index is 1.95. The highest BCUT2D eigenvalue weighted by Crippen LogP contribution is 2.18. The first-order chi connectivity index (χ1) is 9.47. The van der Waals surface area contributed by atoms with Crippen LogP contribution in [0.25, 0.3) is 0 Å². The third-order valence-electron chi connectivity index (χ3n) is 2.87. The molecule has 4 nitrogen and oxygen atoms in total. The first kappa shape index (κ1) is 16.8. The summed E-state index contributed by atoms with van der Waals surface area (Å²) in [7, 11) is -4.30. The fourth-order valence-electron chi connectivity index (χ4n) is 1.85. The number of ether oxygens (including phenoxy) is 1. The summed E-state index contributed by atoms with van der Waals surface area (Å²) in [5.41, 5.74) is 0. The van der Waals surface area contributed by atoms with Gasteiger partial charge in [-0.05, 0) is 25.0 Å². The summed E-state index contributed by atoms with van der Waals surface area (Å²) >= 11 is 0. The quantitative estimate of drug-likeness (QED) is 0.531. The van der Waals surface area contributed by atoms with Gasteiger partial charge in [-0.2, -0.15) is 8.42 Å². The number of unbranched alkanes of at least 4 members (excludes halogenated alkanes) is 5. The lowest BCUT2D eigenvalue weighted by Gasteiger charge is -2.06. The van der Waals surface area contributed by atoms with Crippen LogP contribution in [0, 0.1) is 0 Å². The summed E-state index contributed by atoms with van der Waals surface area (Å²) in [6.07, 6.45) is 4.89. The number of phenols is 1. The molecule has 0 unspecified atom stereocenters. The van der Waals surface area contributed by atoms with Crippen LogP contribution in [0.1, 0.15) is 38.5 Å². The third-order valence-corrected chi connectivity index (χ3v) is 3.65. The van der Waals surface area contributed by atoms with Crippen LogP contribution in [0.2, 0.25) is 0 Å². The molecule has 0 atom stereocenters. The maximum Gasteiger partial charge on any atom is 0.302 e. The van der Waals surface area contributed by atoms with Crippen molar-refractivity contribution in [3.63, 3.8) is 0 Å². The van der Waals surface area contributed by atoms with Gasteiger partial charge < -0.3 is 9.84 Å². The Labute approximate surface area is 119 Å². The molecule has 0 saturated heterocycles. The number of benzene rings is 1. The van der Waals surface area contributed by atoms with Gasteiger partial charge in [0.15, 0.2) is 0 Å². The predicted octanol–water partition coefficient (Wildman–Crippen LogP) is 3.41. The van der Waals surface area contributed by atoms with Crippen LogP contribution in [-0.4, -0.2) is 25.9 Å². The van der Waals surface area contributed by atoms with E-state index in [-0.39, 0.29) is 11.5 Å². The minimum Gasteiger partial charge on any atom is -0.508 e. The molecule has 1 aromatic carbocycles. The maximum atomic E-state index is 12.2. The lowest BCUT2D eigenvalue weighted by Crippen LogP contribution is -1.98. The van der Waals surface area contributed by atoms with Gasteiger partial charge in [0.1, 0.15) is 11.5 Å². The second kappa shape index (κ2) is 8.79. The van der Waals surface area contributed by atoms with E-state index in [9.17, 15) is 17.4 Å². The zero-order chi connectivity index (χ0) is 14.8. The SMILES string of the molecule is O=S(=O)(F)CCCCCCCCOc1cccc(O)c1. The van der Waals surface area contributed by atoms with Gasteiger partial charge in [0.2, 0.25) is 0 Å². The molecule has 1 aromatic rings. The second-order valence-corrected chi connectivity index (χ2v) is 6.20. The molecule has 0 bridgehead atoms. The molecule has 0 amide bonds. The molecule has 0 saturated carbocycles. The molecular weight excluding hydrogens is 283 g/mol. The van der Waals surface area contributed by atoms with Gasteiger partial charge in [-0.15, -0.1) is 3.89 Å². The van der Waals surface area contributed by atoms with E-state index in [1.807, 2.05) is 0 Å². The Morgan fingerprint density at radius 1 is 1.05 bits per heavy atom. The predicted molar refractivity (Wildman–Crippen MR) is 76.2 cm³/mol. The van der Waals surface area contributed by atoms with E-state index in [1.165, 1.54) is 0 Å². The molecule has 6 heteroatoms. The molecule has 0 aliphatic carbocycles. The van der Waals surface area contributed by atoms with Gasteiger partial charge in [-0.1, -0.05) is 31.7 Å². The van der Waals surface area contributed by atoms with Gasteiger partial charge in [0.25, 0.3) is 0 Å². The molecule has 1 N–H and O–H groups in total. The van der Waals surface area contributed by atoms with Gasteiger partial charge in [0.05, 0.1) is 12.4 Å². The average Bonchev–Trinajstić information content (AvgIpc) is 2.35. The van der Waals surface area contributed by atoms with Gasteiger partial charge in [-0.3, -0.25) is 0 Å². The molecule has 0 heterocycles. The monoisotopic (exact) mass is 304 g/mol. The van der Waals surface area contributed by atoms with Gasteiger partial charge in [0, 0.05) is 6.07 Å². The highest BCUT2D eigenvalue weighted by atomic mass is 32.3. The Morgan fingerprint density at radius 3 is 2.35 bits per heavy atom. The molecule has 0 aromatic heterocycles. The first-order valence-electron chi connectivity index (χ1n) is 6.81. The summed E-state index contributed by atoms with van der Waals surface area (Å²) in [5.74, 6) is 0.469. The number of hydrogen-bond donors (Lipinski definition) is 1. The van der Waals surface area contributed by atoms with E-state index in [2.05, 4.69) is 0 Å². The van der Waals surface area contributed by atoms with Crippen molar-refractivity contribution in [1.29, 1.82) is 0 Å². The summed E-state index contributed by atoms with van der Waals surface area (Å²) in [6, 6.07) is 6.67. The summed E-state index contributed by atoms with van der Waals surface area (Å²) < 4.78 is 38.2. The van der Waals surface area contributed by atoms with Crippen molar-refractivity contribution in [3.8, 4) is 11.5 Å². The molecule has 1 rings (SSSR count). The topological polar surface area (TPSA) is 63.6 Å². The smallest absolute Gasteiger partial charge is 0.302 e. The summed E-state index contributed by atoms with van der Waals surface area (Å²) in [5, 5.41) is 9.24. The number of aromatic hydroxyl groups is 1. The normalized spacial score (nSPS) is 11.4. The van der Waals surface area contributed by atoms with Crippen molar-refractivity contribution >= 4 is 10.2 Å². The molecule has 0 fully saturated rings. The first-order valence-corrected chi connectivity index (χ1v) is 8.37. The van der Waals surface area contributed by atoms with Crippen molar-refractivity contribution in [2.24, 2.45) is 0 Å². The fourth-order valence-corrected chi connectivity index (χ4v) is 2.40. The zero-order valence-corrected chi connectivity index (χ0v) is 12.2. The number of rotatable bonds is 10. The van der Waals surface area contributed by atoms with Crippen molar-refractivity contribution in [1.82, 2.24) is 0 Å². The number of halogens is 1. The van der Waals surface area contributed by atoms with E-state index in [4.69, 9.17) is 4.74 Å². The van der Waals surface area contributed by atoms with Crippen LogP contribution in [0.4, 0.5) is 3.89 Å². The lowest BCUT2D eigenvalue weighted by molar-refractivity contribution is 0.303. The molecule has 0 spiro atoms. The van der Waals surface area contributed by atoms with E-state index in [1.54, 1.807) is 24.3 Å². The minimum atomic E-state index is -4.30. The third kappa shape index (κ3) is 8.74. The van der Waals surface area contributed by atoms with Gasteiger partial charge >= 0.3 is 10.2 Å². The standard InChI is InChI=1S/C14H21FO4S/c15-20(17,18)11-6-4-2-1-3-5-10-19-14-9-7-8-13(16)12-14/h7-9,12,16H,1-6,10-11H2. The fraction of sp³-hybridized carbons (Fsp3) is 0.571. The van der Waals surface area contributed by atoms with Crippen molar-refractivity contribution < 1.29 is 22.1 Å². The van der Waals surface area contributed by atoms with Crippen LogP contribution in [0.5, 0.6) is 11.5 Å². The van der Waals surface area contributed by atoms with Crippen LogP contribution in [0.3, 0.4) is 0 Å². The zero-order valence-electron chi connectivity index (χ0n) is 11.4. The molecule has 0 aliphatic heterocycles. The number of hydrogen-bond acceptors (Lipinski definition) is 4. The van der Waals surface area contributed by atoms with E-state index in [0.717, 1.165) is 32.1 Å². The van der Waals surface area contributed by atoms with Crippen LogP contribution >= 0.6 is 0 Å². The molecule has 0 aliphatic rings. The van der Waals surface area contributed by atoms with Crippen molar-refractivity contribution in [2.45, 2.75) is 38.5 Å². The van der Waals surface area contributed by atoms with E-state index >= 15 is 0 Å². The highest BCUT2D eigenvalue weighted by Gasteiger charge is 2.05. The largest absolute Gasteiger partial charge is 0.508 e. The van der Waals surface area contributed by atoms with Gasteiger partial charge in [-0.25, -0.2) is 0 Å². The van der Waals surface area contributed by atoms with Crippen LogP contribution in [-0.2, 0) is 10.2 Å². The second-order valence-electron chi connectivity index (χ2n) is 4.71. The maximum absolute atomic E-state index is 12.2. The van der Waals surface area contributed by atoms with E-state index < -0.39 is 10.2 Å². The molecule has 20 heavy (non-hydrogen) atoms. The van der Waals surface area contributed by atoms with Crippen molar-refractivity contribution in [3.05, 3.63) is 24.3 Å². The minimum absolute atomic E-state index is 0.185. The summed E-state index contributed by atoms with van der Waals surface area (Å²) in [6.45, 7) is 0.586. The highest BCUT2D eigenvalue weighted by molar-refractivity contribution is 7.86. The molecule has 114 valence electrons. The van der Waals surface area contributed by atoms with Crippen LogP contribution < -0.4 is 4.74 Å². The Kier molecular flexibility index (Phi) is 7.36. The number of phenolic OH excluding ortho intramolecular Hbond substituents is 1. The lowest BCUT2D eigenvalue weighted by atomic mass is 10.1. The van der Waals surface area contributed by atoms with Crippen molar-refractivity contribution in [2.75, 3.05) is 12.4 Å². The molecule has 0 radical (unpaired) electrons. The molecular formula is C14H21FO4S.